The number of pyridine rings is 2. The summed E-state index contributed by atoms with van der Waals surface area (Å²) in [5.74, 6) is 0.927. The van der Waals surface area contributed by atoms with E-state index in [1.807, 2.05) is 60.7 Å². The van der Waals surface area contributed by atoms with Gasteiger partial charge in [0.05, 0.1) is 17.4 Å². The summed E-state index contributed by atoms with van der Waals surface area (Å²) in [6.07, 6.45) is 5.91. The number of amides is 3. The number of carbonyl (C=O) groups excluding carboxylic acids is 4. The summed E-state index contributed by atoms with van der Waals surface area (Å²) in [6.45, 7) is 5.52. The number of anilines is 2. The number of nitrogens with zero attached hydrogens (tertiary/aromatic N) is 8. The predicted octanol–water partition coefficient (Wildman–Crippen LogP) is 4.99. The highest BCUT2D eigenvalue weighted by Gasteiger charge is 2.52. The Labute approximate surface area is 385 Å². The Bertz CT molecular complexity index is 2670. The van der Waals surface area contributed by atoms with Gasteiger partial charge in [0.1, 0.15) is 24.3 Å². The zero-order chi connectivity index (χ0) is 45.9. The molecule has 20 heteroatoms. The van der Waals surface area contributed by atoms with Crippen molar-refractivity contribution in [2.75, 3.05) is 30.5 Å². The number of carbonyl (C=O) groups is 4. The van der Waals surface area contributed by atoms with E-state index >= 15 is 0 Å². The second kappa shape index (κ2) is 19.5. The lowest BCUT2D eigenvalue weighted by Crippen LogP contribution is -2.53. The van der Waals surface area contributed by atoms with E-state index in [1.165, 1.54) is 9.80 Å². The van der Waals surface area contributed by atoms with Gasteiger partial charge in [-0.1, -0.05) is 60.7 Å². The lowest BCUT2D eigenvalue weighted by molar-refractivity contribution is -0.122. The molecule has 0 radical (unpaired) electrons. The zero-order valence-electron chi connectivity index (χ0n) is 36.8. The highest BCUT2D eigenvalue weighted by Crippen LogP contribution is 2.53. The SMILES string of the molecule is CCOC(=O)c1nnc(C2(c3ccccc3)CC2)o1.C[C@H]1Oc2cccnc2N(C)C(=O)[C@H]1N.C[C@H]1Oc2cccnc2N(C)C(=O)[C@H]1NC(=O)c1nnc(C2(c3ccccc3)CC2)o1.Cl. The molecule has 0 bridgehead atoms. The third-order valence-electron chi connectivity index (χ3n) is 11.7. The Morgan fingerprint density at radius 3 is 1.67 bits per heavy atom. The van der Waals surface area contributed by atoms with Crippen molar-refractivity contribution in [3.8, 4) is 11.5 Å². The minimum absolute atomic E-state index is 0. The van der Waals surface area contributed by atoms with Crippen LogP contribution in [-0.4, -0.2) is 99.0 Å². The van der Waals surface area contributed by atoms with Gasteiger partial charge >= 0.3 is 23.7 Å². The van der Waals surface area contributed by atoms with Crippen molar-refractivity contribution < 1.29 is 42.2 Å². The van der Waals surface area contributed by atoms with Crippen LogP contribution in [0.5, 0.6) is 11.5 Å². The van der Waals surface area contributed by atoms with Crippen LogP contribution in [0.3, 0.4) is 0 Å². The predicted molar refractivity (Wildman–Crippen MR) is 239 cm³/mol. The van der Waals surface area contributed by atoms with E-state index in [4.69, 9.17) is 28.8 Å². The molecule has 344 valence electrons. The second-order valence-corrected chi connectivity index (χ2v) is 16.0. The minimum Gasteiger partial charge on any atom is -0.485 e. The molecule has 6 aromatic rings. The standard InChI is InChI=1S/C22H21N5O4.C14H14N2O3.C10H13N3O2.ClH/c1-13-16(20(29)27(2)17-15(30-13)9-6-12-23-17)24-18(28)19-25-26-21(31-19)22(10-11-22)14-7-4-3-5-8-14;1-2-18-12(17)11-15-16-13(19-11)14(8-9-14)10-6-4-3-5-7-10;1-6-8(11)10(14)13(2)9-7(15-6)4-3-5-12-9;/h3-9,12-13,16H,10-11H2,1-2H3,(H,24,28);3-7H,2,8-9H2,1H3;3-6,8H,11H2,1-2H3;1H/t13-,16+;;6-,8+;/m1.1./s1. The number of rotatable bonds is 8. The fourth-order valence-corrected chi connectivity index (χ4v) is 7.64. The molecule has 66 heavy (non-hydrogen) atoms. The summed E-state index contributed by atoms with van der Waals surface area (Å²) >= 11 is 0. The molecule has 2 aromatic carbocycles. The van der Waals surface area contributed by atoms with Crippen LogP contribution in [0.1, 0.15) is 90.7 Å². The van der Waals surface area contributed by atoms with Gasteiger partial charge in [0.2, 0.25) is 17.7 Å². The first-order valence-corrected chi connectivity index (χ1v) is 21.2. The Morgan fingerprint density at radius 2 is 1.17 bits per heavy atom. The monoisotopic (exact) mass is 920 g/mol. The van der Waals surface area contributed by atoms with Crippen molar-refractivity contribution in [3.05, 3.63) is 132 Å². The molecular weight excluding hydrogens is 872 g/mol. The van der Waals surface area contributed by atoms with Crippen molar-refractivity contribution >= 4 is 47.7 Å². The molecule has 2 aliphatic heterocycles. The number of nitrogens with two attached hydrogens (primary N) is 1. The van der Waals surface area contributed by atoms with Gasteiger partial charge in [0, 0.05) is 26.5 Å². The highest BCUT2D eigenvalue weighted by atomic mass is 35.5. The molecular formula is C46H49ClN10O9. The van der Waals surface area contributed by atoms with Crippen molar-refractivity contribution in [1.82, 2.24) is 35.7 Å². The van der Waals surface area contributed by atoms with Crippen LogP contribution < -0.4 is 30.3 Å². The lowest BCUT2D eigenvalue weighted by Gasteiger charge is -2.22. The largest absolute Gasteiger partial charge is 0.485 e. The maximum Gasteiger partial charge on any atom is 0.396 e. The molecule has 0 saturated heterocycles. The second-order valence-electron chi connectivity index (χ2n) is 16.0. The van der Waals surface area contributed by atoms with E-state index in [0.29, 0.717) is 41.5 Å². The van der Waals surface area contributed by atoms with Crippen molar-refractivity contribution in [3.63, 3.8) is 0 Å². The van der Waals surface area contributed by atoms with E-state index in [1.54, 1.807) is 71.5 Å². The Morgan fingerprint density at radius 1 is 0.697 bits per heavy atom. The van der Waals surface area contributed by atoms with Gasteiger partial charge in [-0.3, -0.25) is 24.2 Å². The molecule has 3 amide bonds. The van der Waals surface area contributed by atoms with E-state index in [-0.39, 0.29) is 52.9 Å². The summed E-state index contributed by atoms with van der Waals surface area (Å²) in [5.41, 5.74) is 7.43. The van der Waals surface area contributed by atoms with Crippen LogP contribution in [0.25, 0.3) is 0 Å². The first-order valence-electron chi connectivity index (χ1n) is 21.2. The first-order chi connectivity index (χ1) is 31.4. The number of halogens is 1. The molecule has 0 unspecified atom stereocenters. The topological polar surface area (TPSA) is 244 Å². The first kappa shape index (κ1) is 46.7. The molecule has 2 fully saturated rings. The zero-order valence-corrected chi connectivity index (χ0v) is 37.6. The van der Waals surface area contributed by atoms with Gasteiger partial charge in [-0.05, 0) is 81.8 Å². The molecule has 4 aromatic heterocycles. The number of esters is 1. The summed E-state index contributed by atoms with van der Waals surface area (Å²) in [4.78, 5) is 60.3. The third kappa shape index (κ3) is 9.30. The molecule has 3 N–H and O–H groups in total. The molecule has 4 atom stereocenters. The average Bonchev–Trinajstić information content (AvgIpc) is 4.23. The normalized spacial score (nSPS) is 20.6. The van der Waals surface area contributed by atoms with Crippen LogP contribution in [0.2, 0.25) is 0 Å². The quantitative estimate of drug-likeness (QED) is 0.191. The number of hydrogen-bond acceptors (Lipinski definition) is 16. The molecule has 19 nitrogen and oxygen atoms in total. The van der Waals surface area contributed by atoms with Gasteiger partial charge in [0.25, 0.3) is 5.91 Å². The van der Waals surface area contributed by atoms with Gasteiger partial charge < -0.3 is 34.1 Å². The van der Waals surface area contributed by atoms with Crippen molar-refractivity contribution in [2.45, 2.75) is 81.6 Å². The van der Waals surface area contributed by atoms with Crippen molar-refractivity contribution in [1.29, 1.82) is 0 Å². The number of hydrogen-bond donors (Lipinski definition) is 2. The van der Waals surface area contributed by atoms with Gasteiger partial charge in [-0.25, -0.2) is 14.8 Å². The van der Waals surface area contributed by atoms with E-state index in [0.717, 1.165) is 36.8 Å². The fourth-order valence-electron chi connectivity index (χ4n) is 7.64. The van der Waals surface area contributed by atoms with Crippen LogP contribution in [-0.2, 0) is 25.2 Å². The maximum absolute atomic E-state index is 13.0. The highest BCUT2D eigenvalue weighted by molar-refractivity contribution is 6.02. The third-order valence-corrected chi connectivity index (χ3v) is 11.7. The number of likely N-dealkylation sites (N-methyl/N-ethyl adjacent to an activating group) is 2. The number of ether oxygens (including phenoxy) is 3. The van der Waals surface area contributed by atoms with Gasteiger partial charge in [-0.2, -0.15) is 0 Å². The summed E-state index contributed by atoms with van der Waals surface area (Å²) in [7, 11) is 3.24. The Balaban J connectivity index is 0.000000158. The molecule has 0 spiro atoms. The summed E-state index contributed by atoms with van der Waals surface area (Å²) in [5, 5.41) is 18.5. The number of nitrogens with one attached hydrogen (secondary N) is 1. The smallest absolute Gasteiger partial charge is 0.396 e. The van der Waals surface area contributed by atoms with E-state index < -0.39 is 30.1 Å². The fraction of sp³-hybridized carbons (Fsp3) is 0.348. The van der Waals surface area contributed by atoms with Crippen LogP contribution in [0.4, 0.5) is 11.6 Å². The average molecular weight is 921 g/mol. The van der Waals surface area contributed by atoms with Crippen LogP contribution >= 0.6 is 12.4 Å². The molecule has 2 aliphatic carbocycles. The number of fused-ring (bicyclic) bond motifs is 2. The molecule has 4 aliphatic rings. The van der Waals surface area contributed by atoms with Gasteiger partial charge in [-0.15, -0.1) is 32.8 Å². The van der Waals surface area contributed by atoms with Gasteiger partial charge in [0.15, 0.2) is 23.1 Å². The number of aromatic nitrogens is 6. The van der Waals surface area contributed by atoms with Crippen LogP contribution in [0, 0.1) is 0 Å². The molecule has 6 heterocycles. The molecule has 10 rings (SSSR count). The summed E-state index contributed by atoms with van der Waals surface area (Å²) < 4.78 is 27.5. The maximum atomic E-state index is 13.0. The Kier molecular flexibility index (Phi) is 13.8. The van der Waals surface area contributed by atoms with Crippen molar-refractivity contribution in [2.24, 2.45) is 5.73 Å². The van der Waals surface area contributed by atoms with E-state index in [2.05, 4.69) is 35.7 Å². The Hall–Kier alpha value is -7.25. The minimum atomic E-state index is -0.939. The van der Waals surface area contributed by atoms with Crippen LogP contribution in [0.15, 0.2) is 106 Å². The number of benzene rings is 2. The molecule has 2 saturated carbocycles. The lowest BCUT2D eigenvalue weighted by atomic mass is 9.96. The summed E-state index contributed by atoms with van der Waals surface area (Å²) in [6, 6.07) is 25.3. The van der Waals surface area contributed by atoms with E-state index in [9.17, 15) is 19.2 Å².